The molecule has 5 heteroatoms. The number of aryl methyl sites for hydroxylation is 2. The van der Waals surface area contributed by atoms with Gasteiger partial charge in [0.05, 0.1) is 11.1 Å². The van der Waals surface area contributed by atoms with Crippen molar-refractivity contribution in [1.82, 2.24) is 4.57 Å². The van der Waals surface area contributed by atoms with E-state index in [0.717, 1.165) is 34.1 Å². The third-order valence-corrected chi connectivity index (χ3v) is 3.97. The summed E-state index contributed by atoms with van der Waals surface area (Å²) >= 11 is 0. The van der Waals surface area contributed by atoms with E-state index < -0.39 is 5.97 Å². The minimum absolute atomic E-state index is 0.0829. The number of aromatic nitrogens is 1. The number of aliphatic hydroxyl groups excluding tert-OH is 1. The topological polar surface area (TPSA) is 88.5 Å². The number of hydrogen-bond acceptors (Lipinski definition) is 3. The van der Waals surface area contributed by atoms with Gasteiger partial charge < -0.3 is 20.5 Å². The fraction of sp³-hybridized carbons (Fsp3) is 0.438. The maximum absolute atomic E-state index is 11.7. The zero-order chi connectivity index (χ0) is 15.6. The number of carbonyl (C=O) groups is 1. The highest BCUT2D eigenvalue weighted by molar-refractivity contribution is 6.05. The molecule has 0 unspecified atom stereocenters. The van der Waals surface area contributed by atoms with E-state index in [1.165, 1.54) is 0 Å². The van der Waals surface area contributed by atoms with Crippen molar-refractivity contribution in [3.63, 3.8) is 0 Å². The summed E-state index contributed by atoms with van der Waals surface area (Å²) in [6, 6.07) is 3.83. The molecule has 2 rings (SSSR count). The highest BCUT2D eigenvalue weighted by atomic mass is 16.4. The maximum atomic E-state index is 11.7. The van der Waals surface area contributed by atoms with Gasteiger partial charge in [-0.2, -0.15) is 0 Å². The smallest absolute Gasteiger partial charge is 0.338 e. The lowest BCUT2D eigenvalue weighted by atomic mass is 10.0. The molecule has 1 aromatic heterocycles. The molecule has 0 aliphatic carbocycles. The van der Waals surface area contributed by atoms with Gasteiger partial charge in [0.1, 0.15) is 0 Å². The van der Waals surface area contributed by atoms with Gasteiger partial charge in [-0.15, -0.1) is 0 Å². The summed E-state index contributed by atoms with van der Waals surface area (Å²) < 4.78 is 2.01. The lowest BCUT2D eigenvalue weighted by Gasteiger charge is -2.10. The van der Waals surface area contributed by atoms with Crippen molar-refractivity contribution >= 4 is 16.9 Å². The molecule has 1 heterocycles. The average Bonchev–Trinajstić information content (AvgIpc) is 2.69. The Bertz CT molecular complexity index is 674. The molecule has 0 bridgehead atoms. The highest BCUT2D eigenvalue weighted by Crippen LogP contribution is 2.31. The van der Waals surface area contributed by atoms with Crippen LogP contribution in [0.15, 0.2) is 12.1 Å². The van der Waals surface area contributed by atoms with Crippen LogP contribution in [0.25, 0.3) is 10.9 Å². The van der Waals surface area contributed by atoms with Crippen LogP contribution in [0.4, 0.5) is 0 Å². The van der Waals surface area contributed by atoms with Gasteiger partial charge in [0, 0.05) is 24.2 Å². The Morgan fingerprint density at radius 1 is 1.33 bits per heavy atom. The summed E-state index contributed by atoms with van der Waals surface area (Å²) in [4.78, 5) is 11.7. The van der Waals surface area contributed by atoms with Crippen molar-refractivity contribution in [2.24, 2.45) is 5.73 Å². The van der Waals surface area contributed by atoms with Crippen LogP contribution in [-0.2, 0) is 13.0 Å². The molecule has 0 fully saturated rings. The molecule has 0 saturated carbocycles. The normalized spacial score (nSPS) is 11.2. The van der Waals surface area contributed by atoms with Crippen LogP contribution in [-0.4, -0.2) is 33.9 Å². The van der Waals surface area contributed by atoms with Crippen LogP contribution in [0.5, 0.6) is 0 Å². The predicted octanol–water partition coefficient (Wildman–Crippen LogP) is 1.84. The molecule has 0 radical (unpaired) electrons. The number of carboxylic acid groups (broad SMARTS) is 1. The van der Waals surface area contributed by atoms with Crippen LogP contribution in [0.2, 0.25) is 0 Å². The minimum Gasteiger partial charge on any atom is -0.478 e. The molecule has 4 N–H and O–H groups in total. The molecule has 0 amide bonds. The number of aromatic carboxylic acids is 1. The largest absolute Gasteiger partial charge is 0.478 e. The van der Waals surface area contributed by atoms with E-state index in [9.17, 15) is 9.90 Å². The Kier molecular flexibility index (Phi) is 4.65. The van der Waals surface area contributed by atoms with E-state index in [2.05, 4.69) is 0 Å². The van der Waals surface area contributed by atoms with Crippen LogP contribution in [0.3, 0.4) is 0 Å². The molecule has 0 spiro atoms. The Labute approximate surface area is 124 Å². The minimum atomic E-state index is -0.917. The third-order valence-electron chi connectivity index (χ3n) is 3.97. The zero-order valence-corrected chi connectivity index (χ0v) is 12.5. The molecular formula is C16H22N2O3. The summed E-state index contributed by atoms with van der Waals surface area (Å²) in [5.41, 5.74) is 9.67. The SMILES string of the molecule is Cc1ccc2c(CCN)c(C)n(CCCO)c2c1C(=O)O. The summed E-state index contributed by atoms with van der Waals surface area (Å²) in [7, 11) is 0. The predicted molar refractivity (Wildman–Crippen MR) is 82.8 cm³/mol. The van der Waals surface area contributed by atoms with Crippen LogP contribution < -0.4 is 5.73 Å². The van der Waals surface area contributed by atoms with Gasteiger partial charge in [-0.3, -0.25) is 0 Å². The third kappa shape index (κ3) is 2.66. The molecule has 0 saturated heterocycles. The number of benzene rings is 1. The summed E-state index contributed by atoms with van der Waals surface area (Å²) in [6.45, 7) is 5.01. The number of nitrogens with two attached hydrogens (primary N) is 1. The molecular weight excluding hydrogens is 268 g/mol. The standard InChI is InChI=1S/C16H22N2O3/c1-10-4-5-13-12(6-7-17)11(2)18(8-3-9-19)15(13)14(10)16(20)21/h4-5,19H,3,6-9,17H2,1-2H3,(H,20,21). The zero-order valence-electron chi connectivity index (χ0n) is 12.5. The number of hydrogen-bond donors (Lipinski definition) is 3. The Balaban J connectivity index is 2.81. The van der Waals surface area contributed by atoms with Gasteiger partial charge in [0.15, 0.2) is 0 Å². The van der Waals surface area contributed by atoms with Gasteiger partial charge in [-0.05, 0) is 44.4 Å². The highest BCUT2D eigenvalue weighted by Gasteiger charge is 2.21. The summed E-state index contributed by atoms with van der Waals surface area (Å²) in [5.74, 6) is -0.917. The van der Waals surface area contributed by atoms with E-state index in [1.807, 2.05) is 30.5 Å². The first kappa shape index (κ1) is 15.5. The Morgan fingerprint density at radius 2 is 2.05 bits per heavy atom. The molecule has 0 aliphatic rings. The molecule has 2 aromatic rings. The van der Waals surface area contributed by atoms with E-state index in [0.29, 0.717) is 25.1 Å². The Hall–Kier alpha value is -1.85. The second-order valence-corrected chi connectivity index (χ2v) is 5.29. The number of nitrogens with zero attached hydrogens (tertiary/aromatic N) is 1. The van der Waals surface area contributed by atoms with Crippen LogP contribution in [0.1, 0.15) is 33.6 Å². The van der Waals surface area contributed by atoms with Gasteiger partial charge in [-0.1, -0.05) is 12.1 Å². The van der Waals surface area contributed by atoms with E-state index >= 15 is 0 Å². The van der Waals surface area contributed by atoms with Crippen molar-refractivity contribution in [2.75, 3.05) is 13.2 Å². The molecule has 114 valence electrons. The lowest BCUT2D eigenvalue weighted by molar-refractivity contribution is 0.0698. The van der Waals surface area contributed by atoms with Crippen molar-refractivity contribution in [3.8, 4) is 0 Å². The summed E-state index contributed by atoms with van der Waals surface area (Å²) in [5, 5.41) is 19.6. The molecule has 5 nitrogen and oxygen atoms in total. The second-order valence-electron chi connectivity index (χ2n) is 5.29. The number of fused-ring (bicyclic) bond motifs is 1. The van der Waals surface area contributed by atoms with Crippen molar-refractivity contribution in [2.45, 2.75) is 33.2 Å². The second kappa shape index (κ2) is 6.28. The summed E-state index contributed by atoms with van der Waals surface area (Å²) in [6.07, 6.45) is 1.32. The van der Waals surface area contributed by atoms with Crippen molar-refractivity contribution in [3.05, 3.63) is 34.5 Å². The molecule has 1 aromatic carbocycles. The fourth-order valence-corrected chi connectivity index (χ4v) is 2.98. The first-order chi connectivity index (χ1) is 10.0. The van der Waals surface area contributed by atoms with Gasteiger partial charge in [-0.25, -0.2) is 4.79 Å². The Morgan fingerprint density at radius 3 is 2.62 bits per heavy atom. The van der Waals surface area contributed by atoms with Crippen molar-refractivity contribution in [1.29, 1.82) is 0 Å². The van der Waals surface area contributed by atoms with E-state index in [4.69, 9.17) is 10.8 Å². The number of carboxylic acids is 1. The lowest BCUT2D eigenvalue weighted by Crippen LogP contribution is -2.08. The van der Waals surface area contributed by atoms with Crippen molar-refractivity contribution < 1.29 is 15.0 Å². The fourth-order valence-electron chi connectivity index (χ4n) is 2.98. The van der Waals surface area contributed by atoms with Gasteiger partial charge in [0.25, 0.3) is 0 Å². The first-order valence-electron chi connectivity index (χ1n) is 7.18. The maximum Gasteiger partial charge on any atom is 0.338 e. The van der Waals surface area contributed by atoms with Crippen LogP contribution in [0, 0.1) is 13.8 Å². The van der Waals surface area contributed by atoms with E-state index in [1.54, 1.807) is 0 Å². The van der Waals surface area contributed by atoms with Crippen LogP contribution >= 0.6 is 0 Å². The monoisotopic (exact) mass is 290 g/mol. The van der Waals surface area contributed by atoms with Gasteiger partial charge >= 0.3 is 5.97 Å². The quantitative estimate of drug-likeness (QED) is 0.757. The first-order valence-corrected chi connectivity index (χ1v) is 7.18. The van der Waals surface area contributed by atoms with E-state index in [-0.39, 0.29) is 6.61 Å². The molecule has 0 atom stereocenters. The average molecular weight is 290 g/mol. The number of aliphatic hydroxyl groups is 1. The molecule has 0 aliphatic heterocycles. The number of rotatable bonds is 6. The molecule has 21 heavy (non-hydrogen) atoms. The van der Waals surface area contributed by atoms with Gasteiger partial charge in [0.2, 0.25) is 0 Å².